The van der Waals surface area contributed by atoms with Crippen molar-refractivity contribution in [3.63, 3.8) is 0 Å². The second kappa shape index (κ2) is 3.81. The van der Waals surface area contributed by atoms with E-state index in [1.807, 2.05) is 20.8 Å². The molecule has 0 aliphatic carbocycles. The van der Waals surface area contributed by atoms with Crippen molar-refractivity contribution < 1.29 is 8.78 Å². The topological polar surface area (TPSA) is 12.9 Å². The summed E-state index contributed by atoms with van der Waals surface area (Å²) in [6.07, 6.45) is 2.11. The van der Waals surface area contributed by atoms with Crippen LogP contribution in [0.1, 0.15) is 32.3 Å². The summed E-state index contributed by atoms with van der Waals surface area (Å²) < 4.78 is 26.3. The average Bonchev–Trinajstić information content (AvgIpc) is 2.03. The van der Waals surface area contributed by atoms with Gasteiger partial charge in [0.05, 0.1) is 12.4 Å². The Kier molecular flexibility index (Phi) is 2.96. The number of hydrogen-bond donors (Lipinski definition) is 0. The summed E-state index contributed by atoms with van der Waals surface area (Å²) in [4.78, 5) is 3.44. The fourth-order valence-electron chi connectivity index (χ4n) is 1.19. The first-order valence-corrected chi connectivity index (χ1v) is 4.33. The normalized spacial score (nSPS) is 13.4. The Morgan fingerprint density at radius 3 is 1.92 bits per heavy atom. The maximum absolute atomic E-state index is 13.2. The number of rotatable bonds is 2. The van der Waals surface area contributed by atoms with Crippen molar-refractivity contribution in [3.05, 3.63) is 29.6 Å². The summed E-state index contributed by atoms with van der Waals surface area (Å²) in [6.45, 7) is 5.68. The molecule has 0 saturated carbocycles. The highest BCUT2D eigenvalue weighted by Crippen LogP contribution is 2.27. The van der Waals surface area contributed by atoms with Crippen molar-refractivity contribution in [1.82, 2.24) is 4.98 Å². The van der Waals surface area contributed by atoms with Gasteiger partial charge in [-0.2, -0.15) is 0 Å². The fraction of sp³-hybridized carbons (Fsp3) is 0.500. The predicted octanol–water partition coefficient (Wildman–Crippen LogP) is 3.12. The highest BCUT2D eigenvalue weighted by Gasteiger charge is 2.18. The number of pyridine rings is 1. The first-order valence-electron chi connectivity index (χ1n) is 4.33. The molecular weight excluding hydrogens is 172 g/mol. The summed E-state index contributed by atoms with van der Waals surface area (Å²) in [5.41, 5.74) is 0.144. The highest BCUT2D eigenvalue weighted by molar-refractivity contribution is 5.19. The Bertz CT molecular complexity index is 277. The SMILES string of the molecule is CC(C)C(C)c1c(F)cncc1F. The molecule has 0 spiro atoms. The molecule has 0 fully saturated rings. The van der Waals surface area contributed by atoms with Crippen molar-refractivity contribution in [3.8, 4) is 0 Å². The summed E-state index contributed by atoms with van der Waals surface area (Å²) >= 11 is 0. The van der Waals surface area contributed by atoms with Crippen molar-refractivity contribution >= 4 is 0 Å². The van der Waals surface area contributed by atoms with Crippen LogP contribution < -0.4 is 0 Å². The Labute approximate surface area is 76.8 Å². The van der Waals surface area contributed by atoms with Gasteiger partial charge in [0, 0.05) is 5.56 Å². The number of halogens is 2. The molecule has 1 atom stereocenters. The second-order valence-corrected chi connectivity index (χ2v) is 3.55. The molecule has 0 aromatic carbocycles. The molecule has 3 heteroatoms. The summed E-state index contributed by atoms with van der Waals surface area (Å²) in [5.74, 6) is -1.02. The van der Waals surface area contributed by atoms with Gasteiger partial charge >= 0.3 is 0 Å². The third-order valence-electron chi connectivity index (χ3n) is 2.35. The molecule has 72 valence electrons. The molecule has 1 heterocycles. The van der Waals surface area contributed by atoms with Crippen molar-refractivity contribution in [2.75, 3.05) is 0 Å². The minimum absolute atomic E-state index is 0.122. The monoisotopic (exact) mass is 185 g/mol. The average molecular weight is 185 g/mol. The van der Waals surface area contributed by atoms with Gasteiger partial charge in [0.2, 0.25) is 0 Å². The van der Waals surface area contributed by atoms with E-state index in [-0.39, 0.29) is 17.4 Å². The highest BCUT2D eigenvalue weighted by atomic mass is 19.1. The second-order valence-electron chi connectivity index (χ2n) is 3.55. The largest absolute Gasteiger partial charge is 0.259 e. The van der Waals surface area contributed by atoms with Crippen LogP contribution in [0.4, 0.5) is 8.78 Å². The van der Waals surface area contributed by atoms with Crippen LogP contribution >= 0.6 is 0 Å². The van der Waals surface area contributed by atoms with E-state index < -0.39 is 11.6 Å². The number of aromatic nitrogens is 1. The first kappa shape index (κ1) is 10.1. The van der Waals surface area contributed by atoms with Crippen LogP contribution in [-0.2, 0) is 0 Å². The van der Waals surface area contributed by atoms with Crippen LogP contribution in [0, 0.1) is 17.6 Å². The van der Waals surface area contributed by atoms with Gasteiger partial charge in [0.1, 0.15) is 11.6 Å². The van der Waals surface area contributed by atoms with Crippen molar-refractivity contribution in [2.24, 2.45) is 5.92 Å². The Hall–Kier alpha value is -0.990. The van der Waals surface area contributed by atoms with Crippen LogP contribution in [0.25, 0.3) is 0 Å². The fourth-order valence-corrected chi connectivity index (χ4v) is 1.19. The summed E-state index contributed by atoms with van der Waals surface area (Å²) in [5, 5.41) is 0. The van der Waals surface area contributed by atoms with E-state index >= 15 is 0 Å². The van der Waals surface area contributed by atoms with Gasteiger partial charge in [-0.05, 0) is 11.8 Å². The van der Waals surface area contributed by atoms with Gasteiger partial charge in [-0.3, -0.25) is 4.98 Å². The van der Waals surface area contributed by atoms with E-state index in [0.717, 1.165) is 12.4 Å². The molecule has 0 bridgehead atoms. The summed E-state index contributed by atoms with van der Waals surface area (Å²) in [6, 6.07) is 0. The quantitative estimate of drug-likeness (QED) is 0.689. The molecule has 13 heavy (non-hydrogen) atoms. The Balaban J connectivity index is 3.12. The maximum atomic E-state index is 13.2. The van der Waals surface area contributed by atoms with Crippen LogP contribution in [0.15, 0.2) is 12.4 Å². The predicted molar refractivity (Wildman–Crippen MR) is 47.4 cm³/mol. The molecule has 1 aromatic heterocycles. The van der Waals surface area contributed by atoms with Crippen LogP contribution in [-0.4, -0.2) is 4.98 Å². The third-order valence-corrected chi connectivity index (χ3v) is 2.35. The molecule has 0 amide bonds. The lowest BCUT2D eigenvalue weighted by atomic mass is 9.90. The lowest BCUT2D eigenvalue weighted by Crippen LogP contribution is -2.07. The van der Waals surface area contributed by atoms with Gasteiger partial charge in [0.25, 0.3) is 0 Å². The molecule has 1 aromatic rings. The van der Waals surface area contributed by atoms with Gasteiger partial charge in [0.15, 0.2) is 0 Å². The van der Waals surface area contributed by atoms with E-state index in [4.69, 9.17) is 0 Å². The van der Waals surface area contributed by atoms with E-state index in [9.17, 15) is 8.78 Å². The van der Waals surface area contributed by atoms with Crippen LogP contribution in [0.5, 0.6) is 0 Å². The molecule has 1 unspecified atom stereocenters. The van der Waals surface area contributed by atoms with Gasteiger partial charge in [-0.1, -0.05) is 20.8 Å². The van der Waals surface area contributed by atoms with Gasteiger partial charge in [-0.25, -0.2) is 8.78 Å². The smallest absolute Gasteiger partial charge is 0.147 e. The number of hydrogen-bond acceptors (Lipinski definition) is 1. The molecule has 0 saturated heterocycles. The van der Waals surface area contributed by atoms with Crippen molar-refractivity contribution in [2.45, 2.75) is 26.7 Å². The Morgan fingerprint density at radius 1 is 1.08 bits per heavy atom. The minimum atomic E-state index is -0.554. The van der Waals surface area contributed by atoms with Gasteiger partial charge in [-0.15, -0.1) is 0 Å². The zero-order chi connectivity index (χ0) is 10.0. The molecule has 0 N–H and O–H groups in total. The van der Waals surface area contributed by atoms with E-state index in [0.29, 0.717) is 0 Å². The molecule has 0 aliphatic rings. The third kappa shape index (κ3) is 2.02. The molecule has 1 nitrogen and oxygen atoms in total. The van der Waals surface area contributed by atoms with Crippen LogP contribution in [0.3, 0.4) is 0 Å². The zero-order valence-corrected chi connectivity index (χ0v) is 8.01. The van der Waals surface area contributed by atoms with E-state index in [1.165, 1.54) is 0 Å². The van der Waals surface area contributed by atoms with Crippen molar-refractivity contribution in [1.29, 1.82) is 0 Å². The van der Waals surface area contributed by atoms with Gasteiger partial charge < -0.3 is 0 Å². The standard InChI is InChI=1S/C10H13F2N/c1-6(2)7(3)10-8(11)4-13-5-9(10)12/h4-7H,1-3H3. The first-order chi connectivity index (χ1) is 6.04. The zero-order valence-electron chi connectivity index (χ0n) is 8.01. The van der Waals surface area contributed by atoms with E-state index in [2.05, 4.69) is 4.98 Å². The Morgan fingerprint density at radius 2 is 1.54 bits per heavy atom. The maximum Gasteiger partial charge on any atom is 0.147 e. The minimum Gasteiger partial charge on any atom is -0.259 e. The molecular formula is C10H13F2N. The summed E-state index contributed by atoms with van der Waals surface area (Å²) in [7, 11) is 0. The molecule has 1 rings (SSSR count). The lowest BCUT2D eigenvalue weighted by molar-refractivity contribution is 0.464. The number of nitrogens with zero attached hydrogens (tertiary/aromatic N) is 1. The van der Waals surface area contributed by atoms with E-state index in [1.54, 1.807) is 0 Å². The molecule has 0 radical (unpaired) electrons. The molecule has 0 aliphatic heterocycles. The lowest BCUT2D eigenvalue weighted by Gasteiger charge is -2.16. The van der Waals surface area contributed by atoms with Crippen LogP contribution in [0.2, 0.25) is 0 Å².